The zero-order valence-electron chi connectivity index (χ0n) is 10.8. The van der Waals surface area contributed by atoms with Gasteiger partial charge in [0.05, 0.1) is 18.2 Å². The first-order chi connectivity index (χ1) is 8.63. The third kappa shape index (κ3) is 3.37. The molecular formula is C13H17ClN2O2S. The summed E-state index contributed by atoms with van der Waals surface area (Å²) in [6.45, 7) is 2.31. The van der Waals surface area contributed by atoms with Gasteiger partial charge in [-0.2, -0.15) is 0 Å². The fraction of sp³-hybridized carbons (Fsp3) is 0.308. The third-order valence-corrected chi connectivity index (χ3v) is 4.00. The lowest BCUT2D eigenvalue weighted by atomic mass is 10.2. The van der Waals surface area contributed by atoms with Crippen LogP contribution >= 0.6 is 23.7 Å². The molecule has 2 N–H and O–H groups in total. The lowest BCUT2D eigenvalue weighted by Crippen LogP contribution is -2.28. The Morgan fingerprint density at radius 1 is 1.58 bits per heavy atom. The predicted octanol–water partition coefficient (Wildman–Crippen LogP) is 3.05. The summed E-state index contributed by atoms with van der Waals surface area (Å²) >= 11 is 1.64. The minimum atomic E-state index is -0.0562. The number of thiophene rings is 1. The van der Waals surface area contributed by atoms with Gasteiger partial charge in [0.1, 0.15) is 12.0 Å². The van der Waals surface area contributed by atoms with Crippen LogP contribution < -0.4 is 5.73 Å². The molecule has 1 unspecified atom stereocenters. The number of amides is 1. The molecule has 0 aromatic carbocycles. The number of hydrogen-bond acceptors (Lipinski definition) is 4. The molecule has 0 saturated carbocycles. The minimum absolute atomic E-state index is 0. The normalized spacial score (nSPS) is 11.7. The summed E-state index contributed by atoms with van der Waals surface area (Å²) in [5, 5.41) is 2.01. The maximum atomic E-state index is 12.2. The molecule has 0 fully saturated rings. The summed E-state index contributed by atoms with van der Waals surface area (Å²) in [7, 11) is 1.79. The highest BCUT2D eigenvalue weighted by Gasteiger charge is 2.20. The van der Waals surface area contributed by atoms with Crippen molar-refractivity contribution in [3.05, 3.63) is 46.0 Å². The van der Waals surface area contributed by atoms with Gasteiger partial charge in [-0.25, -0.2) is 0 Å². The highest BCUT2D eigenvalue weighted by molar-refractivity contribution is 7.10. The van der Waals surface area contributed by atoms with Gasteiger partial charge in [-0.05, 0) is 24.4 Å². The molecule has 104 valence electrons. The highest BCUT2D eigenvalue weighted by atomic mass is 35.5. The van der Waals surface area contributed by atoms with Crippen molar-refractivity contribution in [1.82, 2.24) is 4.90 Å². The quantitative estimate of drug-likeness (QED) is 0.944. The average molecular weight is 301 g/mol. The van der Waals surface area contributed by atoms with E-state index in [4.69, 9.17) is 10.2 Å². The Morgan fingerprint density at radius 3 is 2.84 bits per heavy atom. The molecular weight excluding hydrogens is 284 g/mol. The van der Waals surface area contributed by atoms with Crippen molar-refractivity contribution in [2.24, 2.45) is 5.73 Å². The number of furan rings is 1. The van der Waals surface area contributed by atoms with E-state index in [9.17, 15) is 4.79 Å². The molecule has 0 saturated heterocycles. The Labute approximate surface area is 122 Å². The zero-order valence-corrected chi connectivity index (χ0v) is 12.5. The molecule has 6 heteroatoms. The molecule has 2 aromatic rings. The minimum Gasteiger partial charge on any atom is -0.467 e. The van der Waals surface area contributed by atoms with Gasteiger partial charge in [0.15, 0.2) is 0 Å². The van der Waals surface area contributed by atoms with Crippen LogP contribution in [0.15, 0.2) is 34.3 Å². The first-order valence-electron chi connectivity index (χ1n) is 5.71. The van der Waals surface area contributed by atoms with Crippen LogP contribution in [0.2, 0.25) is 0 Å². The van der Waals surface area contributed by atoms with E-state index in [-0.39, 0.29) is 24.4 Å². The standard InChI is InChI=1S/C13H16N2O2S.ClH/c1-9(12-4-3-5-18-12)15(2)13(16)10-6-11(7-14)17-8-10;/h3-6,8-9H,7,14H2,1-2H3;1H. The summed E-state index contributed by atoms with van der Waals surface area (Å²) in [4.78, 5) is 15.1. The molecule has 0 aliphatic rings. The van der Waals surface area contributed by atoms with Crippen molar-refractivity contribution in [1.29, 1.82) is 0 Å². The summed E-state index contributed by atoms with van der Waals surface area (Å²) in [5.41, 5.74) is 6.00. The monoisotopic (exact) mass is 300 g/mol. The van der Waals surface area contributed by atoms with Crippen LogP contribution in [-0.4, -0.2) is 17.9 Å². The number of halogens is 1. The molecule has 0 spiro atoms. The van der Waals surface area contributed by atoms with Gasteiger partial charge in [0, 0.05) is 11.9 Å². The molecule has 0 radical (unpaired) electrons. The highest BCUT2D eigenvalue weighted by Crippen LogP contribution is 2.25. The lowest BCUT2D eigenvalue weighted by Gasteiger charge is -2.23. The summed E-state index contributed by atoms with van der Waals surface area (Å²) in [6.07, 6.45) is 1.46. The fourth-order valence-electron chi connectivity index (χ4n) is 1.70. The van der Waals surface area contributed by atoms with E-state index in [0.717, 1.165) is 4.88 Å². The van der Waals surface area contributed by atoms with Crippen molar-refractivity contribution >= 4 is 29.7 Å². The van der Waals surface area contributed by atoms with Gasteiger partial charge < -0.3 is 15.1 Å². The number of nitrogens with zero attached hydrogens (tertiary/aromatic N) is 1. The number of nitrogens with two attached hydrogens (primary N) is 1. The first kappa shape index (κ1) is 15.8. The molecule has 2 heterocycles. The van der Waals surface area contributed by atoms with Crippen LogP contribution in [-0.2, 0) is 6.54 Å². The van der Waals surface area contributed by atoms with Crippen LogP contribution in [0.4, 0.5) is 0 Å². The van der Waals surface area contributed by atoms with Gasteiger partial charge in [-0.15, -0.1) is 23.7 Å². The van der Waals surface area contributed by atoms with Crippen LogP contribution in [0.3, 0.4) is 0 Å². The van der Waals surface area contributed by atoms with Crippen molar-refractivity contribution in [2.45, 2.75) is 19.5 Å². The molecule has 0 bridgehead atoms. The Bertz CT molecular complexity index is 524. The van der Waals surface area contributed by atoms with Gasteiger partial charge in [-0.1, -0.05) is 6.07 Å². The number of rotatable bonds is 4. The van der Waals surface area contributed by atoms with E-state index in [1.54, 1.807) is 29.4 Å². The van der Waals surface area contributed by atoms with E-state index in [1.807, 2.05) is 24.4 Å². The molecule has 19 heavy (non-hydrogen) atoms. The summed E-state index contributed by atoms with van der Waals surface area (Å²) < 4.78 is 5.19. The van der Waals surface area contributed by atoms with E-state index in [1.165, 1.54) is 6.26 Å². The predicted molar refractivity (Wildman–Crippen MR) is 78.7 cm³/mol. The second-order valence-electron chi connectivity index (χ2n) is 4.11. The average Bonchev–Trinajstić information content (AvgIpc) is 3.06. The second kappa shape index (κ2) is 6.75. The smallest absolute Gasteiger partial charge is 0.257 e. The fourth-order valence-corrected chi connectivity index (χ4v) is 2.53. The largest absolute Gasteiger partial charge is 0.467 e. The Kier molecular flexibility index (Phi) is 5.60. The molecule has 0 aliphatic heterocycles. The van der Waals surface area contributed by atoms with Gasteiger partial charge in [0.2, 0.25) is 0 Å². The second-order valence-corrected chi connectivity index (χ2v) is 5.09. The zero-order chi connectivity index (χ0) is 13.1. The molecule has 1 amide bonds. The maximum Gasteiger partial charge on any atom is 0.257 e. The van der Waals surface area contributed by atoms with Crippen molar-refractivity contribution in [3.63, 3.8) is 0 Å². The topological polar surface area (TPSA) is 59.5 Å². The SMILES string of the molecule is CC(c1cccs1)N(C)C(=O)c1coc(CN)c1.Cl. The third-order valence-electron chi connectivity index (χ3n) is 2.96. The van der Waals surface area contributed by atoms with Crippen LogP contribution in [0.5, 0.6) is 0 Å². The van der Waals surface area contributed by atoms with E-state index >= 15 is 0 Å². The Balaban J connectivity index is 0.00000180. The van der Waals surface area contributed by atoms with Gasteiger partial charge >= 0.3 is 0 Å². The van der Waals surface area contributed by atoms with Gasteiger partial charge in [0.25, 0.3) is 5.91 Å². The van der Waals surface area contributed by atoms with Crippen molar-refractivity contribution < 1.29 is 9.21 Å². The van der Waals surface area contributed by atoms with Gasteiger partial charge in [-0.3, -0.25) is 4.79 Å². The van der Waals surface area contributed by atoms with Crippen LogP contribution in [0, 0.1) is 0 Å². The first-order valence-corrected chi connectivity index (χ1v) is 6.59. The van der Waals surface area contributed by atoms with E-state index in [0.29, 0.717) is 17.9 Å². The molecule has 4 nitrogen and oxygen atoms in total. The molecule has 0 aliphatic carbocycles. The Hall–Kier alpha value is -1.30. The van der Waals surface area contributed by atoms with Crippen LogP contribution in [0.1, 0.15) is 34.0 Å². The van der Waals surface area contributed by atoms with Crippen LogP contribution in [0.25, 0.3) is 0 Å². The van der Waals surface area contributed by atoms with Crippen molar-refractivity contribution in [2.75, 3.05) is 7.05 Å². The van der Waals surface area contributed by atoms with E-state index in [2.05, 4.69) is 0 Å². The number of carbonyl (C=O) groups excluding carboxylic acids is 1. The number of hydrogen-bond donors (Lipinski definition) is 1. The summed E-state index contributed by atoms with van der Waals surface area (Å²) in [5.74, 6) is 0.565. The lowest BCUT2D eigenvalue weighted by molar-refractivity contribution is 0.0744. The Morgan fingerprint density at radius 2 is 2.32 bits per heavy atom. The van der Waals surface area contributed by atoms with Crippen molar-refractivity contribution in [3.8, 4) is 0 Å². The number of carbonyl (C=O) groups is 1. The molecule has 2 rings (SSSR count). The molecule has 1 atom stereocenters. The van der Waals surface area contributed by atoms with E-state index < -0.39 is 0 Å². The maximum absolute atomic E-state index is 12.2. The molecule has 2 aromatic heterocycles. The summed E-state index contributed by atoms with van der Waals surface area (Å²) in [6, 6.07) is 5.76.